The first kappa shape index (κ1) is 8.52. The lowest BCUT2D eigenvalue weighted by molar-refractivity contribution is 0.0250. The molecule has 0 amide bonds. The summed E-state index contributed by atoms with van der Waals surface area (Å²) in [5.41, 5.74) is 0.596. The fourth-order valence-corrected chi connectivity index (χ4v) is 2.52. The molecule has 0 radical (unpaired) electrons. The Morgan fingerprint density at radius 3 is 2.67 bits per heavy atom. The van der Waals surface area contributed by atoms with E-state index in [2.05, 4.69) is 24.1 Å². The maximum Gasteiger partial charge on any atom is 0.0195 e. The number of nitrogens with zero attached hydrogens (tertiary/aromatic N) is 1. The summed E-state index contributed by atoms with van der Waals surface area (Å²) in [6.07, 6.45) is 2.76. The zero-order valence-corrected chi connectivity index (χ0v) is 8.27. The van der Waals surface area contributed by atoms with Gasteiger partial charge in [-0.3, -0.25) is 0 Å². The van der Waals surface area contributed by atoms with Crippen LogP contribution in [-0.4, -0.2) is 37.1 Å². The Balaban J connectivity index is 1.69. The Morgan fingerprint density at radius 2 is 2.17 bits per heavy atom. The summed E-state index contributed by atoms with van der Waals surface area (Å²) in [5.74, 6) is 0. The Labute approximate surface area is 75.3 Å². The van der Waals surface area contributed by atoms with Crippen molar-refractivity contribution in [2.75, 3.05) is 26.2 Å². The third-order valence-electron chi connectivity index (χ3n) is 2.94. The zero-order valence-electron chi connectivity index (χ0n) is 8.27. The molecule has 0 saturated carbocycles. The van der Waals surface area contributed by atoms with Crippen LogP contribution in [0.4, 0.5) is 0 Å². The first-order valence-electron chi connectivity index (χ1n) is 5.11. The van der Waals surface area contributed by atoms with Crippen molar-refractivity contribution in [2.45, 2.75) is 32.7 Å². The second-order valence-electron chi connectivity index (χ2n) is 5.13. The van der Waals surface area contributed by atoms with E-state index >= 15 is 0 Å². The standard InChI is InChI=1S/C10H20N2/c1-10(2)7-12(8-10)6-9-4-3-5-11-9/h9,11H,3-8H2,1-2H3/t9-/m1/s1. The van der Waals surface area contributed by atoms with Gasteiger partial charge in [-0.15, -0.1) is 0 Å². The normalized spacial score (nSPS) is 35.0. The third-order valence-corrected chi connectivity index (χ3v) is 2.94. The number of hydrogen-bond acceptors (Lipinski definition) is 2. The molecule has 70 valence electrons. The van der Waals surface area contributed by atoms with Crippen molar-refractivity contribution >= 4 is 0 Å². The van der Waals surface area contributed by atoms with Gasteiger partial charge in [0.25, 0.3) is 0 Å². The molecule has 0 aliphatic carbocycles. The average molecular weight is 168 g/mol. The average Bonchev–Trinajstić information content (AvgIpc) is 2.35. The Hall–Kier alpha value is -0.0800. The molecule has 0 aromatic rings. The quantitative estimate of drug-likeness (QED) is 0.664. The van der Waals surface area contributed by atoms with Gasteiger partial charge in [0.1, 0.15) is 0 Å². The van der Waals surface area contributed by atoms with Gasteiger partial charge in [-0.05, 0) is 24.8 Å². The van der Waals surface area contributed by atoms with Gasteiger partial charge in [-0.2, -0.15) is 0 Å². The van der Waals surface area contributed by atoms with Crippen LogP contribution in [-0.2, 0) is 0 Å². The molecule has 2 saturated heterocycles. The van der Waals surface area contributed by atoms with Crippen LogP contribution >= 0.6 is 0 Å². The first-order valence-corrected chi connectivity index (χ1v) is 5.11. The van der Waals surface area contributed by atoms with Crippen molar-refractivity contribution in [3.63, 3.8) is 0 Å². The van der Waals surface area contributed by atoms with Crippen LogP contribution in [0.2, 0.25) is 0 Å². The van der Waals surface area contributed by atoms with E-state index in [1.807, 2.05) is 0 Å². The van der Waals surface area contributed by atoms with E-state index < -0.39 is 0 Å². The summed E-state index contributed by atoms with van der Waals surface area (Å²) in [4.78, 5) is 2.57. The Kier molecular flexibility index (Phi) is 2.13. The molecule has 2 rings (SSSR count). The van der Waals surface area contributed by atoms with E-state index in [1.54, 1.807) is 0 Å². The fourth-order valence-electron chi connectivity index (χ4n) is 2.52. The lowest BCUT2D eigenvalue weighted by Gasteiger charge is -2.46. The number of hydrogen-bond donors (Lipinski definition) is 1. The van der Waals surface area contributed by atoms with Crippen molar-refractivity contribution in [1.29, 1.82) is 0 Å². The van der Waals surface area contributed by atoms with Crippen molar-refractivity contribution in [2.24, 2.45) is 5.41 Å². The van der Waals surface area contributed by atoms with E-state index in [9.17, 15) is 0 Å². The topological polar surface area (TPSA) is 15.3 Å². The van der Waals surface area contributed by atoms with Crippen molar-refractivity contribution in [1.82, 2.24) is 10.2 Å². The summed E-state index contributed by atoms with van der Waals surface area (Å²) in [6, 6.07) is 0.793. The monoisotopic (exact) mass is 168 g/mol. The predicted molar refractivity (Wildman–Crippen MR) is 51.2 cm³/mol. The van der Waals surface area contributed by atoms with Gasteiger partial charge in [0.15, 0.2) is 0 Å². The third kappa shape index (κ3) is 1.80. The minimum Gasteiger partial charge on any atom is -0.313 e. The molecule has 0 bridgehead atoms. The van der Waals surface area contributed by atoms with Crippen LogP contribution in [0.3, 0.4) is 0 Å². The smallest absolute Gasteiger partial charge is 0.0195 e. The van der Waals surface area contributed by atoms with Gasteiger partial charge in [0, 0.05) is 25.7 Å². The molecular weight excluding hydrogens is 148 g/mol. The van der Waals surface area contributed by atoms with Crippen LogP contribution in [0.25, 0.3) is 0 Å². The molecule has 2 aliphatic heterocycles. The highest BCUT2D eigenvalue weighted by Gasteiger charge is 2.35. The van der Waals surface area contributed by atoms with Crippen molar-refractivity contribution < 1.29 is 0 Å². The molecule has 12 heavy (non-hydrogen) atoms. The molecule has 2 fully saturated rings. The summed E-state index contributed by atoms with van der Waals surface area (Å²) < 4.78 is 0. The molecule has 1 N–H and O–H groups in total. The van der Waals surface area contributed by atoms with E-state index in [0.717, 1.165) is 6.04 Å². The summed E-state index contributed by atoms with van der Waals surface area (Å²) >= 11 is 0. The van der Waals surface area contributed by atoms with E-state index in [0.29, 0.717) is 5.41 Å². The van der Waals surface area contributed by atoms with Gasteiger partial charge < -0.3 is 10.2 Å². The molecule has 2 aliphatic rings. The van der Waals surface area contributed by atoms with Gasteiger partial charge in [0.2, 0.25) is 0 Å². The number of rotatable bonds is 2. The van der Waals surface area contributed by atoms with Crippen molar-refractivity contribution in [3.8, 4) is 0 Å². The highest BCUT2D eigenvalue weighted by Crippen LogP contribution is 2.28. The molecular formula is C10H20N2. The summed E-state index contributed by atoms with van der Waals surface area (Å²) in [6.45, 7) is 9.82. The van der Waals surface area contributed by atoms with Crippen molar-refractivity contribution in [3.05, 3.63) is 0 Å². The van der Waals surface area contributed by atoms with E-state index in [1.165, 1.54) is 39.0 Å². The maximum atomic E-state index is 3.54. The number of likely N-dealkylation sites (tertiary alicyclic amines) is 1. The van der Waals surface area contributed by atoms with Gasteiger partial charge in [-0.1, -0.05) is 13.8 Å². The van der Waals surface area contributed by atoms with Crippen LogP contribution in [0.5, 0.6) is 0 Å². The predicted octanol–water partition coefficient (Wildman–Crippen LogP) is 1.08. The van der Waals surface area contributed by atoms with Gasteiger partial charge in [-0.25, -0.2) is 0 Å². The molecule has 0 spiro atoms. The van der Waals surface area contributed by atoms with Crippen LogP contribution < -0.4 is 5.32 Å². The van der Waals surface area contributed by atoms with Crippen LogP contribution in [0, 0.1) is 5.41 Å². The highest BCUT2D eigenvalue weighted by atomic mass is 15.2. The SMILES string of the molecule is CC1(C)CN(C[C@H]2CCCN2)C1. The second kappa shape index (κ2) is 3.00. The Morgan fingerprint density at radius 1 is 1.42 bits per heavy atom. The van der Waals surface area contributed by atoms with Gasteiger partial charge in [0.05, 0.1) is 0 Å². The maximum absolute atomic E-state index is 3.54. The largest absolute Gasteiger partial charge is 0.313 e. The molecule has 2 nitrogen and oxygen atoms in total. The van der Waals surface area contributed by atoms with Crippen LogP contribution in [0.15, 0.2) is 0 Å². The lowest BCUT2D eigenvalue weighted by Crippen LogP contribution is -2.55. The summed E-state index contributed by atoms with van der Waals surface area (Å²) in [7, 11) is 0. The fraction of sp³-hybridized carbons (Fsp3) is 1.00. The number of nitrogens with one attached hydrogen (secondary N) is 1. The molecule has 0 unspecified atom stereocenters. The lowest BCUT2D eigenvalue weighted by atomic mass is 9.84. The van der Waals surface area contributed by atoms with E-state index in [4.69, 9.17) is 0 Å². The first-order chi connectivity index (χ1) is 5.66. The molecule has 2 heterocycles. The Bertz CT molecular complexity index is 151. The minimum absolute atomic E-state index is 0.596. The van der Waals surface area contributed by atoms with Gasteiger partial charge >= 0.3 is 0 Å². The highest BCUT2D eigenvalue weighted by molar-refractivity contribution is 4.90. The minimum atomic E-state index is 0.596. The summed E-state index contributed by atoms with van der Waals surface area (Å²) in [5, 5.41) is 3.54. The molecule has 1 atom stereocenters. The molecule has 0 aromatic carbocycles. The second-order valence-corrected chi connectivity index (χ2v) is 5.13. The van der Waals surface area contributed by atoms with E-state index in [-0.39, 0.29) is 0 Å². The molecule has 2 heteroatoms. The zero-order chi connectivity index (χ0) is 8.60. The molecule has 0 aromatic heterocycles. The van der Waals surface area contributed by atoms with Crippen LogP contribution in [0.1, 0.15) is 26.7 Å².